The van der Waals surface area contributed by atoms with Crippen LogP contribution in [0.2, 0.25) is 10.0 Å². The third-order valence-corrected chi connectivity index (χ3v) is 5.00. The summed E-state index contributed by atoms with van der Waals surface area (Å²) in [6.07, 6.45) is 4.33. The maximum absolute atomic E-state index is 12.3. The molecule has 34 heavy (non-hydrogen) atoms. The van der Waals surface area contributed by atoms with Crippen molar-refractivity contribution in [1.82, 2.24) is 15.0 Å². The smallest absolute Gasteiger partial charge is 0.323 e. The molecule has 0 saturated heterocycles. The molecule has 4 rings (SSSR count). The van der Waals surface area contributed by atoms with Gasteiger partial charge >= 0.3 is 12.0 Å². The molecule has 0 spiro atoms. The fourth-order valence-electron chi connectivity index (χ4n) is 2.99. The highest BCUT2D eigenvalue weighted by Crippen LogP contribution is 2.30. The van der Waals surface area contributed by atoms with Crippen LogP contribution in [0, 0.1) is 0 Å². The molecule has 2 aromatic carbocycles. The van der Waals surface area contributed by atoms with Crippen LogP contribution in [-0.4, -0.2) is 28.1 Å². The number of hydrogen-bond donors (Lipinski definition) is 3. The van der Waals surface area contributed by atoms with Crippen LogP contribution in [0.15, 0.2) is 67.1 Å². The third kappa shape index (κ3) is 5.64. The second kappa shape index (κ2) is 10.2. The lowest BCUT2D eigenvalue weighted by Crippen LogP contribution is -2.20. The Morgan fingerprint density at radius 1 is 0.912 bits per heavy atom. The first-order valence-electron chi connectivity index (χ1n) is 9.84. The van der Waals surface area contributed by atoms with E-state index in [1.807, 2.05) is 12.1 Å². The van der Waals surface area contributed by atoms with Gasteiger partial charge in [0, 0.05) is 16.8 Å². The van der Waals surface area contributed by atoms with E-state index in [1.54, 1.807) is 36.4 Å². The number of amides is 2. The second-order valence-corrected chi connectivity index (χ2v) is 7.76. The molecule has 0 saturated carbocycles. The molecule has 0 bridgehead atoms. The highest BCUT2D eigenvalue weighted by molar-refractivity contribution is 6.31. The Morgan fingerprint density at radius 3 is 2.35 bits per heavy atom. The zero-order valence-electron chi connectivity index (χ0n) is 17.8. The van der Waals surface area contributed by atoms with Crippen molar-refractivity contribution in [2.24, 2.45) is 0 Å². The van der Waals surface area contributed by atoms with Gasteiger partial charge in [0.2, 0.25) is 0 Å². The van der Waals surface area contributed by atoms with Gasteiger partial charge in [-0.2, -0.15) is 0 Å². The monoisotopic (exact) mass is 496 g/mol. The second-order valence-electron chi connectivity index (χ2n) is 6.89. The maximum atomic E-state index is 12.3. The number of carbonyl (C=O) groups is 1. The Labute approximate surface area is 204 Å². The summed E-state index contributed by atoms with van der Waals surface area (Å²) < 4.78 is 10.9. The number of nitrogen functional groups attached to an aromatic ring is 1. The average Bonchev–Trinajstić information content (AvgIpc) is 2.82. The van der Waals surface area contributed by atoms with Crippen molar-refractivity contribution in [3.8, 4) is 28.6 Å². The van der Waals surface area contributed by atoms with Crippen molar-refractivity contribution in [2.45, 2.75) is 0 Å². The normalized spacial score (nSPS) is 10.4. The van der Waals surface area contributed by atoms with Crippen LogP contribution in [0.25, 0.3) is 11.1 Å². The van der Waals surface area contributed by atoms with Gasteiger partial charge < -0.3 is 25.8 Å². The molecular weight excluding hydrogens is 479 g/mol. The van der Waals surface area contributed by atoms with Gasteiger partial charge in [0.15, 0.2) is 0 Å². The highest BCUT2D eigenvalue weighted by atomic mass is 35.5. The zero-order chi connectivity index (χ0) is 24.1. The molecule has 0 aliphatic heterocycles. The van der Waals surface area contributed by atoms with Gasteiger partial charge in [-0.25, -0.2) is 19.7 Å². The van der Waals surface area contributed by atoms with Crippen molar-refractivity contribution in [3.05, 3.63) is 77.2 Å². The predicted molar refractivity (Wildman–Crippen MR) is 132 cm³/mol. The molecule has 2 heterocycles. The number of aromatic nitrogens is 3. The Morgan fingerprint density at radius 2 is 1.65 bits per heavy atom. The molecule has 0 aliphatic rings. The number of methoxy groups -OCH3 is 1. The number of ether oxygens (including phenoxy) is 2. The van der Waals surface area contributed by atoms with E-state index in [1.165, 1.54) is 25.7 Å². The van der Waals surface area contributed by atoms with E-state index < -0.39 is 6.03 Å². The predicted octanol–water partition coefficient (Wildman–Crippen LogP) is 5.87. The van der Waals surface area contributed by atoms with Crippen molar-refractivity contribution in [3.63, 3.8) is 0 Å². The van der Waals surface area contributed by atoms with Crippen LogP contribution in [0.5, 0.6) is 17.5 Å². The first-order valence-corrected chi connectivity index (χ1v) is 10.6. The molecule has 4 aromatic rings. The summed E-state index contributed by atoms with van der Waals surface area (Å²) in [5, 5.41) is 6.25. The van der Waals surface area contributed by atoms with Crippen molar-refractivity contribution < 1.29 is 14.3 Å². The van der Waals surface area contributed by atoms with Crippen molar-refractivity contribution in [1.29, 1.82) is 0 Å². The summed E-state index contributed by atoms with van der Waals surface area (Å²) in [6, 6.07) is 13.4. The van der Waals surface area contributed by atoms with Crippen molar-refractivity contribution >= 4 is 46.4 Å². The molecule has 0 fully saturated rings. The first-order chi connectivity index (χ1) is 16.4. The highest BCUT2D eigenvalue weighted by Gasteiger charge is 2.10. The van der Waals surface area contributed by atoms with E-state index >= 15 is 0 Å². The first kappa shape index (κ1) is 23.1. The lowest BCUT2D eigenvalue weighted by atomic mass is 10.1. The molecular formula is C23H18Cl2N6O3. The Balaban J connectivity index is 1.38. The molecule has 0 unspecified atom stereocenters. The standard InChI is InChI=1S/C23H18Cl2N6O3/c1-33-20-7-4-14(24)9-19(20)31-22(32)30-16-11-28-23(29-12-16)34-17-5-2-13(3-6-17)18-8-15(25)10-27-21(18)26/h2-12H,1H3,(H2,26,27)(H2,30,31,32). The summed E-state index contributed by atoms with van der Waals surface area (Å²) in [5.41, 5.74) is 8.27. The lowest BCUT2D eigenvalue weighted by Gasteiger charge is -2.11. The fraction of sp³-hybridized carbons (Fsp3) is 0.0435. The van der Waals surface area contributed by atoms with Gasteiger partial charge in [-0.3, -0.25) is 0 Å². The number of carbonyl (C=O) groups excluding carboxylic acids is 1. The van der Waals surface area contributed by atoms with Gasteiger partial charge in [-0.15, -0.1) is 0 Å². The summed E-state index contributed by atoms with van der Waals surface area (Å²) in [4.78, 5) is 24.6. The minimum atomic E-state index is -0.511. The average molecular weight is 497 g/mol. The van der Waals surface area contributed by atoms with Crippen LogP contribution >= 0.6 is 23.2 Å². The quantitative estimate of drug-likeness (QED) is 0.304. The van der Waals surface area contributed by atoms with Gasteiger partial charge in [0.25, 0.3) is 0 Å². The maximum Gasteiger partial charge on any atom is 0.323 e. The van der Waals surface area contributed by atoms with Gasteiger partial charge in [0.1, 0.15) is 17.3 Å². The number of rotatable bonds is 6. The summed E-state index contributed by atoms with van der Waals surface area (Å²) in [5.74, 6) is 1.37. The van der Waals surface area contributed by atoms with Gasteiger partial charge in [-0.05, 0) is 42.0 Å². The summed E-state index contributed by atoms with van der Waals surface area (Å²) in [7, 11) is 1.50. The van der Waals surface area contributed by atoms with Crippen LogP contribution in [0.3, 0.4) is 0 Å². The third-order valence-electron chi connectivity index (χ3n) is 4.56. The molecule has 11 heteroatoms. The Kier molecular flexibility index (Phi) is 6.95. The zero-order valence-corrected chi connectivity index (χ0v) is 19.3. The molecule has 2 amide bonds. The number of nitrogens with one attached hydrogen (secondary N) is 2. The van der Waals surface area contributed by atoms with Crippen LogP contribution in [0.4, 0.5) is 22.0 Å². The van der Waals surface area contributed by atoms with E-state index in [4.69, 9.17) is 38.4 Å². The number of nitrogens with two attached hydrogens (primary N) is 1. The number of pyridine rings is 1. The largest absolute Gasteiger partial charge is 0.495 e. The fourth-order valence-corrected chi connectivity index (χ4v) is 3.32. The van der Waals surface area contributed by atoms with Crippen LogP contribution < -0.4 is 25.8 Å². The molecule has 0 atom stereocenters. The molecule has 0 radical (unpaired) electrons. The van der Waals surface area contributed by atoms with E-state index in [0.29, 0.717) is 38.7 Å². The summed E-state index contributed by atoms with van der Waals surface area (Å²) in [6.45, 7) is 0. The number of anilines is 3. The van der Waals surface area contributed by atoms with E-state index in [-0.39, 0.29) is 6.01 Å². The Bertz CT molecular complexity index is 1320. The lowest BCUT2D eigenvalue weighted by molar-refractivity contribution is 0.262. The minimum absolute atomic E-state index is 0.110. The number of halogens is 2. The van der Waals surface area contributed by atoms with E-state index in [2.05, 4.69) is 25.6 Å². The number of urea groups is 1. The summed E-state index contributed by atoms with van der Waals surface area (Å²) >= 11 is 12.0. The van der Waals surface area contributed by atoms with E-state index in [0.717, 1.165) is 11.1 Å². The van der Waals surface area contributed by atoms with Crippen LogP contribution in [0.1, 0.15) is 0 Å². The SMILES string of the molecule is COc1ccc(Cl)cc1NC(=O)Nc1cnc(Oc2ccc(-c3cc(Cl)cnc3N)cc2)nc1. The Hall–Kier alpha value is -4.08. The molecule has 172 valence electrons. The van der Waals surface area contributed by atoms with Gasteiger partial charge in [-0.1, -0.05) is 35.3 Å². The van der Waals surface area contributed by atoms with E-state index in [9.17, 15) is 4.79 Å². The minimum Gasteiger partial charge on any atom is -0.495 e. The molecule has 0 aliphatic carbocycles. The number of benzene rings is 2. The van der Waals surface area contributed by atoms with Gasteiger partial charge in [0.05, 0.1) is 35.9 Å². The number of hydrogen-bond acceptors (Lipinski definition) is 7. The molecule has 4 N–H and O–H groups in total. The van der Waals surface area contributed by atoms with Crippen molar-refractivity contribution in [2.75, 3.05) is 23.5 Å². The molecule has 9 nitrogen and oxygen atoms in total. The molecule has 2 aromatic heterocycles. The topological polar surface area (TPSA) is 124 Å². The van der Waals surface area contributed by atoms with Crippen LogP contribution in [-0.2, 0) is 0 Å². The number of nitrogens with zero attached hydrogens (tertiary/aromatic N) is 3.